The highest BCUT2D eigenvalue weighted by atomic mass is 35.5. The summed E-state index contributed by atoms with van der Waals surface area (Å²) in [4.78, 5) is 10.5. The first kappa shape index (κ1) is 13.1. The second-order valence-corrected chi connectivity index (χ2v) is 5.80. The Morgan fingerprint density at radius 3 is 2.90 bits per heavy atom. The van der Waals surface area contributed by atoms with E-state index < -0.39 is 0 Å². The number of ether oxygens (including phenoxy) is 1. The van der Waals surface area contributed by atoms with E-state index in [1.165, 1.54) is 0 Å². The average Bonchev–Trinajstić information content (AvgIpc) is 2.79. The van der Waals surface area contributed by atoms with Gasteiger partial charge in [-0.25, -0.2) is 10.8 Å². The molecule has 0 bridgehead atoms. The predicted molar refractivity (Wildman–Crippen MR) is 81.5 cm³/mol. The van der Waals surface area contributed by atoms with Gasteiger partial charge in [0.25, 0.3) is 0 Å². The van der Waals surface area contributed by atoms with Gasteiger partial charge in [0.2, 0.25) is 11.8 Å². The summed E-state index contributed by atoms with van der Waals surface area (Å²) in [6.07, 6.45) is 0. The standard InChI is InChI=1S/C13H11ClN4OS/c1-7-5-10-11(16-13(18-15)17-12(10)20-7)19-9-4-2-3-8(14)6-9/h2-6H,15H2,1H3,(H,16,17,18). The highest BCUT2D eigenvalue weighted by molar-refractivity contribution is 7.18. The van der Waals surface area contributed by atoms with Crippen LogP contribution in [0, 0.1) is 6.92 Å². The zero-order chi connectivity index (χ0) is 14.1. The molecule has 0 saturated heterocycles. The fraction of sp³-hybridized carbons (Fsp3) is 0.0769. The largest absolute Gasteiger partial charge is 0.438 e. The van der Waals surface area contributed by atoms with Crippen LogP contribution < -0.4 is 16.0 Å². The summed E-state index contributed by atoms with van der Waals surface area (Å²) < 4.78 is 5.80. The van der Waals surface area contributed by atoms with Crippen molar-refractivity contribution >= 4 is 39.1 Å². The summed E-state index contributed by atoms with van der Waals surface area (Å²) in [5.41, 5.74) is 2.44. The number of thiophene rings is 1. The van der Waals surface area contributed by atoms with Crippen LogP contribution in [-0.4, -0.2) is 9.97 Å². The zero-order valence-corrected chi connectivity index (χ0v) is 12.1. The number of halogens is 1. The monoisotopic (exact) mass is 306 g/mol. The van der Waals surface area contributed by atoms with Crippen LogP contribution in [0.5, 0.6) is 11.6 Å². The van der Waals surface area contributed by atoms with Crippen LogP contribution in [-0.2, 0) is 0 Å². The van der Waals surface area contributed by atoms with Gasteiger partial charge in [-0.2, -0.15) is 4.98 Å². The van der Waals surface area contributed by atoms with Crippen molar-refractivity contribution in [2.24, 2.45) is 5.84 Å². The third-order valence-electron chi connectivity index (χ3n) is 2.62. The molecular formula is C13H11ClN4OS. The van der Waals surface area contributed by atoms with E-state index in [0.29, 0.717) is 22.6 Å². The third-order valence-corrected chi connectivity index (χ3v) is 3.80. The number of hydrazine groups is 1. The molecule has 0 saturated carbocycles. The molecule has 7 heteroatoms. The van der Waals surface area contributed by atoms with Crippen LogP contribution in [0.15, 0.2) is 30.3 Å². The lowest BCUT2D eigenvalue weighted by atomic mass is 10.3. The van der Waals surface area contributed by atoms with Crippen LogP contribution in [0.2, 0.25) is 5.02 Å². The van der Waals surface area contributed by atoms with Gasteiger partial charge in [0.05, 0.1) is 5.39 Å². The molecule has 3 rings (SSSR count). The average molecular weight is 307 g/mol. The molecule has 0 fully saturated rings. The number of rotatable bonds is 3. The van der Waals surface area contributed by atoms with Gasteiger partial charge >= 0.3 is 0 Å². The smallest absolute Gasteiger partial charge is 0.241 e. The van der Waals surface area contributed by atoms with Gasteiger partial charge in [-0.3, -0.25) is 5.43 Å². The molecule has 0 amide bonds. The summed E-state index contributed by atoms with van der Waals surface area (Å²) in [7, 11) is 0. The van der Waals surface area contributed by atoms with E-state index in [1.54, 1.807) is 23.5 Å². The molecule has 3 aromatic rings. The summed E-state index contributed by atoms with van der Waals surface area (Å²) >= 11 is 7.51. The number of hydrogen-bond acceptors (Lipinski definition) is 6. The Labute approximate surface area is 124 Å². The molecular weight excluding hydrogens is 296 g/mol. The van der Waals surface area contributed by atoms with Crippen molar-refractivity contribution in [1.29, 1.82) is 0 Å². The van der Waals surface area contributed by atoms with Gasteiger partial charge in [0.15, 0.2) is 0 Å². The fourth-order valence-corrected chi connectivity index (χ4v) is 2.85. The number of fused-ring (bicyclic) bond motifs is 1. The Bertz CT molecular complexity index is 774. The van der Waals surface area contributed by atoms with Crippen LogP contribution in [0.3, 0.4) is 0 Å². The third kappa shape index (κ3) is 2.53. The molecule has 0 aliphatic rings. The molecule has 2 aromatic heterocycles. The van der Waals surface area contributed by atoms with Crippen molar-refractivity contribution in [1.82, 2.24) is 9.97 Å². The van der Waals surface area contributed by atoms with Crippen molar-refractivity contribution in [2.75, 3.05) is 5.43 Å². The topological polar surface area (TPSA) is 73.1 Å². The molecule has 0 unspecified atom stereocenters. The van der Waals surface area contributed by atoms with Gasteiger partial charge in [0, 0.05) is 9.90 Å². The van der Waals surface area contributed by atoms with Crippen LogP contribution in [0.1, 0.15) is 4.88 Å². The number of nitrogens with zero attached hydrogens (tertiary/aromatic N) is 2. The first-order valence-electron chi connectivity index (χ1n) is 5.84. The van der Waals surface area contributed by atoms with E-state index in [9.17, 15) is 0 Å². The van der Waals surface area contributed by atoms with Gasteiger partial charge in [-0.05, 0) is 31.2 Å². The Morgan fingerprint density at radius 2 is 2.15 bits per heavy atom. The van der Waals surface area contributed by atoms with E-state index in [0.717, 1.165) is 15.1 Å². The molecule has 0 atom stereocenters. The second-order valence-electron chi connectivity index (χ2n) is 4.13. The molecule has 0 aliphatic heterocycles. The summed E-state index contributed by atoms with van der Waals surface area (Å²) in [5.74, 6) is 6.77. The zero-order valence-electron chi connectivity index (χ0n) is 10.6. The molecule has 5 nitrogen and oxygen atoms in total. The molecule has 0 radical (unpaired) electrons. The molecule has 1 aromatic carbocycles. The molecule has 2 heterocycles. The Balaban J connectivity index is 2.09. The number of anilines is 1. The van der Waals surface area contributed by atoms with Crippen molar-refractivity contribution in [3.8, 4) is 11.6 Å². The molecule has 3 N–H and O–H groups in total. The lowest BCUT2D eigenvalue weighted by Gasteiger charge is -2.07. The highest BCUT2D eigenvalue weighted by Gasteiger charge is 2.12. The minimum atomic E-state index is 0.316. The van der Waals surface area contributed by atoms with Crippen molar-refractivity contribution in [3.63, 3.8) is 0 Å². The highest BCUT2D eigenvalue weighted by Crippen LogP contribution is 2.33. The predicted octanol–water partition coefficient (Wildman–Crippen LogP) is 3.73. The van der Waals surface area contributed by atoms with Crippen LogP contribution >= 0.6 is 22.9 Å². The number of nitrogen functional groups attached to an aromatic ring is 1. The van der Waals surface area contributed by atoms with Gasteiger partial charge in [0.1, 0.15) is 10.6 Å². The number of nitrogens with one attached hydrogen (secondary N) is 1. The lowest BCUT2D eigenvalue weighted by molar-refractivity contribution is 0.469. The van der Waals surface area contributed by atoms with E-state index >= 15 is 0 Å². The number of aromatic nitrogens is 2. The lowest BCUT2D eigenvalue weighted by Crippen LogP contribution is -2.10. The fourth-order valence-electron chi connectivity index (χ4n) is 1.80. The number of aryl methyl sites for hydroxylation is 1. The summed E-state index contributed by atoms with van der Waals surface area (Å²) in [6.45, 7) is 2.01. The van der Waals surface area contributed by atoms with Crippen molar-refractivity contribution in [2.45, 2.75) is 6.92 Å². The van der Waals surface area contributed by atoms with Gasteiger partial charge in [-0.1, -0.05) is 17.7 Å². The maximum atomic E-state index is 5.95. The number of nitrogens with two attached hydrogens (primary N) is 1. The van der Waals surface area contributed by atoms with E-state index in [1.807, 2.05) is 25.1 Å². The van der Waals surface area contributed by atoms with Crippen LogP contribution in [0.25, 0.3) is 10.2 Å². The van der Waals surface area contributed by atoms with Crippen molar-refractivity contribution < 1.29 is 4.74 Å². The van der Waals surface area contributed by atoms with Gasteiger partial charge < -0.3 is 4.74 Å². The maximum absolute atomic E-state index is 5.95. The van der Waals surface area contributed by atoms with E-state index in [2.05, 4.69) is 15.4 Å². The Kier molecular flexibility index (Phi) is 3.43. The van der Waals surface area contributed by atoms with Crippen LogP contribution in [0.4, 0.5) is 5.95 Å². The SMILES string of the molecule is Cc1cc2c(Oc3cccc(Cl)c3)nc(NN)nc2s1. The maximum Gasteiger partial charge on any atom is 0.241 e. The minimum Gasteiger partial charge on any atom is -0.438 e. The van der Waals surface area contributed by atoms with Gasteiger partial charge in [-0.15, -0.1) is 11.3 Å². The van der Waals surface area contributed by atoms with E-state index in [-0.39, 0.29) is 0 Å². The van der Waals surface area contributed by atoms with Crippen molar-refractivity contribution in [3.05, 3.63) is 40.2 Å². The molecule has 0 spiro atoms. The second kappa shape index (κ2) is 5.24. The number of benzene rings is 1. The summed E-state index contributed by atoms with van der Waals surface area (Å²) in [5, 5.41) is 1.46. The Hall–Kier alpha value is -1.89. The first-order valence-corrected chi connectivity index (χ1v) is 7.03. The van der Waals surface area contributed by atoms with E-state index in [4.69, 9.17) is 22.2 Å². The summed E-state index contributed by atoms with van der Waals surface area (Å²) in [6, 6.07) is 9.13. The minimum absolute atomic E-state index is 0.316. The Morgan fingerprint density at radius 1 is 1.30 bits per heavy atom. The normalized spacial score (nSPS) is 10.8. The number of hydrogen-bond donors (Lipinski definition) is 2. The quantitative estimate of drug-likeness (QED) is 0.570. The molecule has 102 valence electrons. The molecule has 0 aliphatic carbocycles. The molecule has 20 heavy (non-hydrogen) atoms. The first-order chi connectivity index (χ1) is 9.65.